The second-order valence-electron chi connectivity index (χ2n) is 4.24. The lowest BCUT2D eigenvalue weighted by molar-refractivity contribution is -0.0940. The van der Waals surface area contributed by atoms with Crippen LogP contribution in [0.25, 0.3) is 0 Å². The summed E-state index contributed by atoms with van der Waals surface area (Å²) in [6, 6.07) is 2.54. The lowest BCUT2D eigenvalue weighted by Gasteiger charge is -2.33. The molecule has 2 nitrogen and oxygen atoms in total. The summed E-state index contributed by atoms with van der Waals surface area (Å²) >= 11 is 0. The van der Waals surface area contributed by atoms with Gasteiger partial charge in [-0.2, -0.15) is 0 Å². The van der Waals surface area contributed by atoms with Gasteiger partial charge in [0.25, 0.3) is 0 Å². The molecule has 0 aliphatic carbocycles. The van der Waals surface area contributed by atoms with Gasteiger partial charge in [-0.05, 0) is 31.4 Å². The fourth-order valence-corrected chi connectivity index (χ4v) is 2.06. The lowest BCUT2D eigenvalue weighted by Crippen LogP contribution is -2.37. The van der Waals surface area contributed by atoms with E-state index in [1.54, 1.807) is 6.92 Å². The van der Waals surface area contributed by atoms with Crippen LogP contribution in [0.4, 0.5) is 8.78 Å². The van der Waals surface area contributed by atoms with Crippen LogP contribution in [0.5, 0.6) is 0 Å². The average Bonchev–Trinajstić information content (AvgIpc) is 2.25. The molecule has 0 radical (unpaired) electrons. The first kappa shape index (κ1) is 11.5. The molecule has 1 aliphatic rings. The molecule has 0 spiro atoms. The van der Waals surface area contributed by atoms with E-state index in [2.05, 4.69) is 0 Å². The average molecular weight is 228 g/mol. The lowest BCUT2D eigenvalue weighted by atomic mass is 9.87. The van der Waals surface area contributed by atoms with Gasteiger partial charge in [-0.25, -0.2) is 8.78 Å². The van der Waals surface area contributed by atoms with Crippen molar-refractivity contribution in [3.63, 3.8) is 0 Å². The van der Waals surface area contributed by atoms with Crippen LogP contribution in [0.3, 0.4) is 0 Å². The van der Waals surface area contributed by atoms with Crippen LogP contribution in [-0.4, -0.2) is 18.3 Å². The Hall–Kier alpha value is -1.00. The molecule has 0 bridgehead atoms. The molecule has 1 fully saturated rings. The Morgan fingerprint density at radius 1 is 1.38 bits per heavy atom. The standard InChI is InChI=1S/C12H14F2O2/c1-8-3-4-9(13)10(11(8)14)12(15)5-2-6-16-7-12/h3-4,15H,2,5-7H2,1H3. The minimum Gasteiger partial charge on any atom is -0.383 e. The monoisotopic (exact) mass is 228 g/mol. The van der Waals surface area contributed by atoms with Gasteiger partial charge in [-0.3, -0.25) is 0 Å². The third kappa shape index (κ3) is 1.83. The molecule has 1 heterocycles. The van der Waals surface area contributed by atoms with Crippen molar-refractivity contribution >= 4 is 0 Å². The van der Waals surface area contributed by atoms with Crippen molar-refractivity contribution in [2.24, 2.45) is 0 Å². The number of ether oxygens (including phenoxy) is 1. The molecule has 0 saturated carbocycles. The van der Waals surface area contributed by atoms with Crippen molar-refractivity contribution in [1.29, 1.82) is 0 Å². The smallest absolute Gasteiger partial charge is 0.135 e. The van der Waals surface area contributed by atoms with Gasteiger partial charge in [-0.1, -0.05) is 6.07 Å². The first-order valence-electron chi connectivity index (χ1n) is 5.30. The van der Waals surface area contributed by atoms with Crippen LogP contribution in [0.2, 0.25) is 0 Å². The van der Waals surface area contributed by atoms with Gasteiger partial charge in [0, 0.05) is 6.61 Å². The second-order valence-corrected chi connectivity index (χ2v) is 4.24. The van der Waals surface area contributed by atoms with E-state index in [1.807, 2.05) is 0 Å². The molecule has 88 valence electrons. The molecule has 1 N–H and O–H groups in total. The van der Waals surface area contributed by atoms with Crippen LogP contribution in [0.15, 0.2) is 12.1 Å². The fourth-order valence-electron chi connectivity index (χ4n) is 2.06. The van der Waals surface area contributed by atoms with Gasteiger partial charge in [0.05, 0.1) is 12.2 Å². The van der Waals surface area contributed by atoms with Gasteiger partial charge in [-0.15, -0.1) is 0 Å². The first-order valence-corrected chi connectivity index (χ1v) is 5.30. The van der Waals surface area contributed by atoms with E-state index in [9.17, 15) is 13.9 Å². The maximum atomic E-state index is 13.8. The Balaban J connectivity index is 2.49. The van der Waals surface area contributed by atoms with E-state index in [-0.39, 0.29) is 12.2 Å². The summed E-state index contributed by atoms with van der Waals surface area (Å²) < 4.78 is 32.5. The number of hydrogen-bond acceptors (Lipinski definition) is 2. The normalized spacial score (nSPS) is 25.8. The van der Waals surface area contributed by atoms with E-state index < -0.39 is 17.2 Å². The first-order chi connectivity index (χ1) is 7.54. The molecule has 2 rings (SSSR count). The maximum Gasteiger partial charge on any atom is 0.135 e. The van der Waals surface area contributed by atoms with Gasteiger partial charge >= 0.3 is 0 Å². The van der Waals surface area contributed by atoms with Crippen LogP contribution < -0.4 is 0 Å². The van der Waals surface area contributed by atoms with Crippen molar-refractivity contribution in [3.8, 4) is 0 Å². The van der Waals surface area contributed by atoms with Gasteiger partial charge in [0.15, 0.2) is 0 Å². The molecule has 1 aromatic rings. The Bertz CT molecular complexity index is 398. The Morgan fingerprint density at radius 3 is 2.75 bits per heavy atom. The minimum absolute atomic E-state index is 0.0513. The molecular weight excluding hydrogens is 214 g/mol. The number of aryl methyl sites for hydroxylation is 1. The minimum atomic E-state index is -1.53. The SMILES string of the molecule is Cc1ccc(F)c(C2(O)CCCOC2)c1F. The number of hydrogen-bond donors (Lipinski definition) is 1. The summed E-state index contributed by atoms with van der Waals surface area (Å²) in [5.41, 5.74) is -1.46. The molecule has 1 unspecified atom stereocenters. The zero-order chi connectivity index (χ0) is 11.8. The molecule has 0 aromatic heterocycles. The van der Waals surface area contributed by atoms with Gasteiger partial charge < -0.3 is 9.84 Å². The third-order valence-electron chi connectivity index (χ3n) is 2.97. The zero-order valence-corrected chi connectivity index (χ0v) is 9.09. The molecule has 4 heteroatoms. The highest BCUT2D eigenvalue weighted by Gasteiger charge is 2.37. The van der Waals surface area contributed by atoms with E-state index in [0.717, 1.165) is 0 Å². The summed E-state index contributed by atoms with van der Waals surface area (Å²) in [6.07, 6.45) is 0.924. The van der Waals surface area contributed by atoms with Crippen molar-refractivity contribution in [3.05, 3.63) is 34.9 Å². The highest BCUT2D eigenvalue weighted by atomic mass is 19.1. The molecular formula is C12H14F2O2. The van der Waals surface area contributed by atoms with E-state index in [1.165, 1.54) is 12.1 Å². The Labute approximate surface area is 92.9 Å². The third-order valence-corrected chi connectivity index (χ3v) is 2.97. The predicted octanol–water partition coefficient (Wildman–Crippen LogP) is 2.27. The molecule has 1 aliphatic heterocycles. The summed E-state index contributed by atoms with van der Waals surface area (Å²) in [4.78, 5) is 0. The van der Waals surface area contributed by atoms with Crippen LogP contribution in [-0.2, 0) is 10.3 Å². The van der Waals surface area contributed by atoms with Crippen molar-refractivity contribution in [2.45, 2.75) is 25.4 Å². The molecule has 0 amide bonds. The summed E-state index contributed by atoms with van der Waals surface area (Å²) in [5, 5.41) is 10.2. The topological polar surface area (TPSA) is 29.5 Å². The maximum absolute atomic E-state index is 13.8. The molecule has 1 saturated heterocycles. The van der Waals surface area contributed by atoms with Crippen molar-refractivity contribution < 1.29 is 18.6 Å². The molecule has 1 aromatic carbocycles. The van der Waals surface area contributed by atoms with E-state index >= 15 is 0 Å². The second kappa shape index (κ2) is 4.11. The van der Waals surface area contributed by atoms with E-state index in [4.69, 9.17) is 4.74 Å². The summed E-state index contributed by atoms with van der Waals surface area (Å²) in [5.74, 6) is -1.39. The Morgan fingerprint density at radius 2 is 2.12 bits per heavy atom. The van der Waals surface area contributed by atoms with Gasteiger partial charge in [0.2, 0.25) is 0 Å². The van der Waals surface area contributed by atoms with Gasteiger partial charge in [0.1, 0.15) is 17.2 Å². The summed E-state index contributed by atoms with van der Waals surface area (Å²) in [7, 11) is 0. The largest absolute Gasteiger partial charge is 0.383 e. The zero-order valence-electron chi connectivity index (χ0n) is 9.09. The number of rotatable bonds is 1. The highest BCUT2D eigenvalue weighted by Crippen LogP contribution is 2.34. The van der Waals surface area contributed by atoms with E-state index in [0.29, 0.717) is 25.0 Å². The quantitative estimate of drug-likeness (QED) is 0.799. The Kier molecular flexibility index (Phi) is 2.95. The summed E-state index contributed by atoms with van der Waals surface area (Å²) in [6.45, 7) is 2.02. The fraction of sp³-hybridized carbons (Fsp3) is 0.500. The van der Waals surface area contributed by atoms with Crippen molar-refractivity contribution in [2.75, 3.05) is 13.2 Å². The number of aliphatic hydroxyl groups is 1. The molecule has 1 atom stereocenters. The van der Waals surface area contributed by atoms with Crippen molar-refractivity contribution in [1.82, 2.24) is 0 Å². The molecule has 16 heavy (non-hydrogen) atoms. The van der Waals surface area contributed by atoms with Crippen LogP contribution in [0, 0.1) is 18.6 Å². The van der Waals surface area contributed by atoms with Crippen LogP contribution in [0.1, 0.15) is 24.0 Å². The van der Waals surface area contributed by atoms with Crippen LogP contribution >= 0.6 is 0 Å². The number of benzene rings is 1. The highest BCUT2D eigenvalue weighted by molar-refractivity contribution is 5.31. The number of halogens is 2. The predicted molar refractivity (Wildman–Crippen MR) is 55.0 cm³/mol.